The number of benzene rings is 2. The molecule has 3 N–H and O–H groups in total. The second-order valence-corrected chi connectivity index (χ2v) is 4.80. The maximum atomic E-state index is 8.98. The fourth-order valence-electron chi connectivity index (χ4n) is 2.08. The first kappa shape index (κ1) is 18.3. The molecule has 0 amide bonds. The molecule has 0 heterocycles. The first-order valence-electron chi connectivity index (χ1n) is 6.95. The zero-order valence-electron chi connectivity index (χ0n) is 12.6. The molecule has 0 radical (unpaired) electrons. The molecule has 22 heavy (non-hydrogen) atoms. The third-order valence-electron chi connectivity index (χ3n) is 3.29. The monoisotopic (exact) mass is 323 g/mol. The van der Waals surface area contributed by atoms with E-state index >= 15 is 0 Å². The van der Waals surface area contributed by atoms with E-state index in [4.69, 9.17) is 20.3 Å². The summed E-state index contributed by atoms with van der Waals surface area (Å²) in [5.74, 6) is 1.33. The number of nitrogens with two attached hydrogens (primary N) is 1. The molecule has 120 valence electrons. The van der Waals surface area contributed by atoms with Crippen LogP contribution in [0.4, 0.5) is 0 Å². The minimum absolute atomic E-state index is 0. The summed E-state index contributed by atoms with van der Waals surface area (Å²) in [5.41, 5.74) is 8.03. The number of methoxy groups -OCH3 is 1. The zero-order chi connectivity index (χ0) is 15.1. The van der Waals surface area contributed by atoms with Crippen molar-refractivity contribution < 1.29 is 14.6 Å². The number of rotatable bonds is 7. The highest BCUT2D eigenvalue weighted by molar-refractivity contribution is 5.85. The molecule has 2 aromatic rings. The number of aliphatic hydroxyl groups is 1. The van der Waals surface area contributed by atoms with Crippen LogP contribution in [0.15, 0.2) is 48.5 Å². The minimum Gasteiger partial charge on any atom is -0.493 e. The molecule has 2 aromatic carbocycles. The van der Waals surface area contributed by atoms with Crippen LogP contribution in [0.3, 0.4) is 0 Å². The Bertz CT molecular complexity index is 563. The summed E-state index contributed by atoms with van der Waals surface area (Å²) < 4.78 is 11.2. The van der Waals surface area contributed by atoms with Gasteiger partial charge in [0.15, 0.2) is 11.5 Å². The zero-order valence-corrected chi connectivity index (χ0v) is 13.4. The lowest BCUT2D eigenvalue weighted by Crippen LogP contribution is -2.12. The van der Waals surface area contributed by atoms with Crippen LogP contribution in [0.1, 0.15) is 23.6 Å². The van der Waals surface area contributed by atoms with E-state index in [9.17, 15) is 0 Å². The highest BCUT2D eigenvalue weighted by atomic mass is 35.5. The molecule has 0 unspecified atom stereocenters. The molecule has 0 saturated heterocycles. The molecular formula is C17H22ClNO3. The summed E-state index contributed by atoms with van der Waals surface area (Å²) in [6.07, 6.45) is 0.518. The number of hydrogen-bond acceptors (Lipinski definition) is 4. The number of aliphatic hydroxyl groups excluding tert-OH is 1. The molecule has 0 bridgehead atoms. The van der Waals surface area contributed by atoms with E-state index in [-0.39, 0.29) is 25.1 Å². The molecule has 0 aliphatic carbocycles. The summed E-state index contributed by atoms with van der Waals surface area (Å²) in [6.45, 7) is 0.531. The van der Waals surface area contributed by atoms with Gasteiger partial charge in [-0.1, -0.05) is 36.4 Å². The van der Waals surface area contributed by atoms with Crippen molar-refractivity contribution in [3.63, 3.8) is 0 Å². The van der Waals surface area contributed by atoms with Gasteiger partial charge in [0.05, 0.1) is 7.11 Å². The van der Waals surface area contributed by atoms with Gasteiger partial charge in [0, 0.05) is 12.6 Å². The van der Waals surface area contributed by atoms with E-state index in [0.717, 1.165) is 11.1 Å². The highest BCUT2D eigenvalue weighted by Crippen LogP contribution is 2.31. The average molecular weight is 324 g/mol. The summed E-state index contributed by atoms with van der Waals surface area (Å²) in [4.78, 5) is 0. The van der Waals surface area contributed by atoms with Crippen LogP contribution in [0.2, 0.25) is 0 Å². The van der Waals surface area contributed by atoms with Crippen LogP contribution >= 0.6 is 12.4 Å². The summed E-state index contributed by atoms with van der Waals surface area (Å²) >= 11 is 0. The first-order valence-corrected chi connectivity index (χ1v) is 6.95. The number of hydrogen-bond donors (Lipinski definition) is 2. The van der Waals surface area contributed by atoms with Gasteiger partial charge >= 0.3 is 0 Å². The fourth-order valence-corrected chi connectivity index (χ4v) is 2.08. The summed E-state index contributed by atoms with van der Waals surface area (Å²) in [6, 6.07) is 15.3. The Morgan fingerprint density at radius 3 is 2.45 bits per heavy atom. The second-order valence-electron chi connectivity index (χ2n) is 4.80. The van der Waals surface area contributed by atoms with Crippen molar-refractivity contribution in [2.45, 2.75) is 19.1 Å². The lowest BCUT2D eigenvalue weighted by molar-refractivity contribution is 0.274. The topological polar surface area (TPSA) is 64.7 Å². The third kappa shape index (κ3) is 4.91. The first-order chi connectivity index (χ1) is 10.2. The van der Waals surface area contributed by atoms with Gasteiger partial charge < -0.3 is 20.3 Å². The summed E-state index contributed by atoms with van der Waals surface area (Å²) in [7, 11) is 1.61. The van der Waals surface area contributed by atoms with E-state index in [1.54, 1.807) is 7.11 Å². The van der Waals surface area contributed by atoms with Gasteiger partial charge in [-0.05, 0) is 29.7 Å². The maximum Gasteiger partial charge on any atom is 0.161 e. The van der Waals surface area contributed by atoms with Gasteiger partial charge in [0.1, 0.15) is 6.61 Å². The van der Waals surface area contributed by atoms with Crippen LogP contribution in [0.25, 0.3) is 0 Å². The van der Waals surface area contributed by atoms with Gasteiger partial charge in [-0.2, -0.15) is 0 Å². The van der Waals surface area contributed by atoms with Crippen LogP contribution in [0, 0.1) is 0 Å². The SMILES string of the molecule is COc1ccc([C@@H](N)CCO)cc1OCc1ccccc1.Cl. The number of ether oxygens (including phenoxy) is 2. The van der Waals surface area contributed by atoms with E-state index in [0.29, 0.717) is 24.5 Å². The Morgan fingerprint density at radius 1 is 1.09 bits per heavy atom. The molecule has 1 atom stereocenters. The molecule has 0 aromatic heterocycles. The quantitative estimate of drug-likeness (QED) is 0.822. The predicted molar refractivity (Wildman–Crippen MR) is 89.6 cm³/mol. The molecule has 0 fully saturated rings. The Balaban J connectivity index is 0.00000242. The average Bonchev–Trinajstić information content (AvgIpc) is 2.54. The van der Waals surface area contributed by atoms with E-state index in [2.05, 4.69) is 0 Å². The number of halogens is 1. The van der Waals surface area contributed by atoms with Gasteiger partial charge in [-0.15, -0.1) is 12.4 Å². The van der Waals surface area contributed by atoms with Crippen molar-refractivity contribution >= 4 is 12.4 Å². The van der Waals surface area contributed by atoms with E-state index in [1.807, 2.05) is 48.5 Å². The van der Waals surface area contributed by atoms with Gasteiger partial charge in [-0.3, -0.25) is 0 Å². The standard InChI is InChI=1S/C17H21NO3.ClH/c1-20-16-8-7-14(15(18)9-10-19)11-17(16)21-12-13-5-3-2-4-6-13;/h2-8,11,15,19H,9-10,12,18H2,1H3;1H/t15-;/m0./s1. The largest absolute Gasteiger partial charge is 0.493 e. The third-order valence-corrected chi connectivity index (χ3v) is 3.29. The molecule has 0 saturated carbocycles. The van der Waals surface area contributed by atoms with Crippen LogP contribution in [-0.4, -0.2) is 18.8 Å². The lowest BCUT2D eigenvalue weighted by Gasteiger charge is -2.15. The smallest absolute Gasteiger partial charge is 0.161 e. The van der Waals surface area contributed by atoms with Crippen molar-refractivity contribution in [2.24, 2.45) is 5.73 Å². The van der Waals surface area contributed by atoms with Crippen molar-refractivity contribution in [3.05, 3.63) is 59.7 Å². The molecular weight excluding hydrogens is 302 g/mol. The second kappa shape index (κ2) is 9.30. The van der Waals surface area contributed by atoms with Crippen molar-refractivity contribution in [3.8, 4) is 11.5 Å². The van der Waals surface area contributed by atoms with Gasteiger partial charge in [0.25, 0.3) is 0 Å². The van der Waals surface area contributed by atoms with Crippen molar-refractivity contribution in [2.75, 3.05) is 13.7 Å². The molecule has 0 aliphatic heterocycles. The Kier molecular flexibility index (Phi) is 7.74. The van der Waals surface area contributed by atoms with Crippen molar-refractivity contribution in [1.82, 2.24) is 0 Å². The van der Waals surface area contributed by atoms with Crippen LogP contribution in [0.5, 0.6) is 11.5 Å². The van der Waals surface area contributed by atoms with E-state index < -0.39 is 0 Å². The summed E-state index contributed by atoms with van der Waals surface area (Å²) in [5, 5.41) is 8.98. The molecule has 0 spiro atoms. The normalized spacial score (nSPS) is 11.4. The molecule has 5 heteroatoms. The molecule has 0 aliphatic rings. The Hall–Kier alpha value is -1.75. The van der Waals surface area contributed by atoms with Gasteiger partial charge in [-0.25, -0.2) is 0 Å². The molecule has 2 rings (SSSR count). The Morgan fingerprint density at radius 2 is 1.82 bits per heavy atom. The van der Waals surface area contributed by atoms with E-state index in [1.165, 1.54) is 0 Å². The van der Waals surface area contributed by atoms with Crippen molar-refractivity contribution in [1.29, 1.82) is 0 Å². The highest BCUT2D eigenvalue weighted by Gasteiger charge is 2.11. The lowest BCUT2D eigenvalue weighted by atomic mass is 10.0. The van der Waals surface area contributed by atoms with Crippen LogP contribution in [-0.2, 0) is 6.61 Å². The van der Waals surface area contributed by atoms with Crippen LogP contribution < -0.4 is 15.2 Å². The minimum atomic E-state index is -0.208. The Labute approximate surface area is 137 Å². The molecule has 4 nitrogen and oxygen atoms in total. The van der Waals surface area contributed by atoms with Gasteiger partial charge in [0.2, 0.25) is 0 Å². The predicted octanol–water partition coefficient (Wildman–Crippen LogP) is 3.08. The maximum absolute atomic E-state index is 8.98. The fraction of sp³-hybridized carbons (Fsp3) is 0.294.